The van der Waals surface area contributed by atoms with Crippen molar-refractivity contribution < 1.29 is 5.11 Å². The Morgan fingerprint density at radius 3 is 2.79 bits per heavy atom. The molecule has 144 valence electrons. The van der Waals surface area contributed by atoms with E-state index < -0.39 is 0 Å². The minimum absolute atomic E-state index is 0.0187. The number of aromatic nitrogens is 1. The van der Waals surface area contributed by atoms with Gasteiger partial charge in [-0.2, -0.15) is 0 Å². The highest BCUT2D eigenvalue weighted by Gasteiger charge is 2.18. The second-order valence-electron chi connectivity index (χ2n) is 5.70. The van der Waals surface area contributed by atoms with Crippen molar-refractivity contribution in [1.82, 2.24) is 4.98 Å². The standard InChI is InChI=1S/C19H17Cl2N5OS/c20-12-1-2-13(15(21)8-12)14-9-16(28-18(14)19(23)26-10-22)11-3-4-24-17(7-11)25-5-6-27/h1-4,7-10,27H,5-6H2,(H,24,25)(H3,22,23,26). The summed E-state index contributed by atoms with van der Waals surface area (Å²) in [4.78, 5) is 9.82. The van der Waals surface area contributed by atoms with E-state index in [0.29, 0.717) is 27.3 Å². The maximum atomic E-state index is 8.98. The van der Waals surface area contributed by atoms with Crippen LogP contribution in [0, 0.1) is 5.41 Å². The van der Waals surface area contributed by atoms with Crippen molar-refractivity contribution in [2.75, 3.05) is 18.5 Å². The topological polar surface area (TPSA) is 107 Å². The first-order chi connectivity index (χ1) is 13.5. The number of aliphatic hydroxyl groups is 1. The Morgan fingerprint density at radius 1 is 1.25 bits per heavy atom. The molecule has 0 fully saturated rings. The number of nitrogens with two attached hydrogens (primary N) is 1. The Hall–Kier alpha value is -2.45. The predicted octanol–water partition coefficient (Wildman–Crippen LogP) is 4.50. The van der Waals surface area contributed by atoms with Crippen molar-refractivity contribution in [3.05, 3.63) is 57.5 Å². The Labute approximate surface area is 176 Å². The van der Waals surface area contributed by atoms with E-state index in [2.05, 4.69) is 15.3 Å². The van der Waals surface area contributed by atoms with Crippen LogP contribution in [0.1, 0.15) is 4.88 Å². The first-order valence-corrected chi connectivity index (χ1v) is 9.83. The average molecular weight is 434 g/mol. The normalized spacial score (nSPS) is 11.5. The molecule has 0 radical (unpaired) electrons. The van der Waals surface area contributed by atoms with Crippen molar-refractivity contribution in [1.29, 1.82) is 5.41 Å². The van der Waals surface area contributed by atoms with Crippen LogP contribution in [0.25, 0.3) is 21.6 Å². The van der Waals surface area contributed by atoms with Gasteiger partial charge in [0.05, 0.1) is 11.5 Å². The van der Waals surface area contributed by atoms with Crippen molar-refractivity contribution >= 4 is 52.5 Å². The number of nitrogens with zero attached hydrogens (tertiary/aromatic N) is 2. The molecule has 0 unspecified atom stereocenters. The second-order valence-corrected chi connectivity index (χ2v) is 7.60. The summed E-state index contributed by atoms with van der Waals surface area (Å²) in [5.41, 5.74) is 8.62. The number of nitrogens with one attached hydrogen (secondary N) is 2. The Bertz CT molecular complexity index is 1030. The van der Waals surface area contributed by atoms with E-state index in [4.69, 9.17) is 39.5 Å². The molecule has 0 saturated heterocycles. The molecule has 5 N–H and O–H groups in total. The summed E-state index contributed by atoms with van der Waals surface area (Å²) in [6.07, 6.45) is 2.60. The van der Waals surface area contributed by atoms with Gasteiger partial charge in [-0.1, -0.05) is 29.3 Å². The minimum atomic E-state index is 0.0187. The lowest BCUT2D eigenvalue weighted by atomic mass is 10.0. The largest absolute Gasteiger partial charge is 0.395 e. The molecule has 9 heteroatoms. The molecule has 0 aliphatic rings. The molecule has 1 aromatic carbocycles. The van der Waals surface area contributed by atoms with Crippen LogP contribution in [0.4, 0.5) is 5.82 Å². The third kappa shape index (κ3) is 4.51. The number of aliphatic imine (C=N–C) groups is 1. The zero-order chi connectivity index (χ0) is 20.1. The highest BCUT2D eigenvalue weighted by atomic mass is 35.5. The Kier molecular flexibility index (Phi) is 6.64. The summed E-state index contributed by atoms with van der Waals surface area (Å²) in [7, 11) is 0. The van der Waals surface area contributed by atoms with E-state index in [1.807, 2.05) is 24.3 Å². The summed E-state index contributed by atoms with van der Waals surface area (Å²) in [6.45, 7) is 0.432. The third-order valence-electron chi connectivity index (χ3n) is 3.85. The van der Waals surface area contributed by atoms with Gasteiger partial charge in [-0.15, -0.1) is 11.3 Å². The smallest absolute Gasteiger partial charge is 0.143 e. The zero-order valence-electron chi connectivity index (χ0n) is 14.6. The molecule has 3 rings (SSSR count). The van der Waals surface area contributed by atoms with Crippen LogP contribution >= 0.6 is 34.5 Å². The molecule has 0 amide bonds. The molecule has 3 aromatic rings. The van der Waals surface area contributed by atoms with Crippen LogP contribution in [0.3, 0.4) is 0 Å². The lowest BCUT2D eigenvalue weighted by molar-refractivity contribution is 0.311. The SMILES string of the molecule is N=CN=C(N)c1sc(-c2ccnc(NCCO)c2)cc1-c1ccc(Cl)cc1Cl. The van der Waals surface area contributed by atoms with E-state index in [1.54, 1.807) is 18.3 Å². The lowest BCUT2D eigenvalue weighted by Crippen LogP contribution is -2.12. The molecule has 6 nitrogen and oxygen atoms in total. The lowest BCUT2D eigenvalue weighted by Gasteiger charge is -2.06. The Balaban J connectivity index is 2.12. The molecule has 0 spiro atoms. The van der Waals surface area contributed by atoms with Crippen LogP contribution in [0.2, 0.25) is 10.0 Å². The summed E-state index contributed by atoms with van der Waals surface area (Å²) in [5.74, 6) is 0.897. The van der Waals surface area contributed by atoms with Gasteiger partial charge >= 0.3 is 0 Å². The summed E-state index contributed by atoms with van der Waals surface area (Å²) in [5, 5.41) is 20.3. The number of halogens is 2. The van der Waals surface area contributed by atoms with Crippen LogP contribution in [-0.2, 0) is 0 Å². The van der Waals surface area contributed by atoms with E-state index in [1.165, 1.54) is 11.3 Å². The minimum Gasteiger partial charge on any atom is -0.395 e. The molecular formula is C19H17Cl2N5OS. The number of hydrogen-bond acceptors (Lipinski definition) is 5. The predicted molar refractivity (Wildman–Crippen MR) is 118 cm³/mol. The summed E-state index contributed by atoms with van der Waals surface area (Å²) < 4.78 is 0. The van der Waals surface area contributed by atoms with Gasteiger partial charge < -0.3 is 16.2 Å². The fourth-order valence-electron chi connectivity index (χ4n) is 2.62. The molecule has 0 bridgehead atoms. The van der Waals surface area contributed by atoms with Crippen LogP contribution in [-0.4, -0.2) is 35.4 Å². The van der Waals surface area contributed by atoms with Gasteiger partial charge in [-0.3, -0.25) is 5.41 Å². The molecule has 28 heavy (non-hydrogen) atoms. The van der Waals surface area contributed by atoms with Crippen molar-refractivity contribution in [3.63, 3.8) is 0 Å². The number of benzene rings is 1. The van der Waals surface area contributed by atoms with Crippen molar-refractivity contribution in [3.8, 4) is 21.6 Å². The fourth-order valence-corrected chi connectivity index (χ4v) is 4.21. The zero-order valence-corrected chi connectivity index (χ0v) is 16.9. The second kappa shape index (κ2) is 9.16. The van der Waals surface area contributed by atoms with Gasteiger partial charge in [-0.05, 0) is 35.9 Å². The van der Waals surface area contributed by atoms with Gasteiger partial charge in [0.15, 0.2) is 0 Å². The molecule has 2 aromatic heterocycles. The number of thiophene rings is 1. The number of amidine groups is 1. The molecule has 2 heterocycles. The van der Waals surface area contributed by atoms with E-state index in [0.717, 1.165) is 27.9 Å². The molecule has 0 aliphatic heterocycles. The van der Waals surface area contributed by atoms with E-state index >= 15 is 0 Å². The van der Waals surface area contributed by atoms with Gasteiger partial charge in [-0.25, -0.2) is 9.98 Å². The van der Waals surface area contributed by atoms with Crippen molar-refractivity contribution in [2.45, 2.75) is 0 Å². The maximum absolute atomic E-state index is 8.98. The van der Waals surface area contributed by atoms with Crippen molar-refractivity contribution in [2.24, 2.45) is 10.7 Å². The third-order valence-corrected chi connectivity index (χ3v) is 5.61. The first-order valence-electron chi connectivity index (χ1n) is 8.26. The quantitative estimate of drug-likeness (QED) is 0.324. The maximum Gasteiger partial charge on any atom is 0.143 e. The number of pyridine rings is 1. The summed E-state index contributed by atoms with van der Waals surface area (Å²) in [6, 6.07) is 11.0. The highest BCUT2D eigenvalue weighted by molar-refractivity contribution is 7.18. The number of hydrogen-bond donors (Lipinski definition) is 4. The fraction of sp³-hybridized carbons (Fsp3) is 0.105. The van der Waals surface area contributed by atoms with Gasteiger partial charge in [0, 0.05) is 38.8 Å². The van der Waals surface area contributed by atoms with Gasteiger partial charge in [0.1, 0.15) is 18.0 Å². The summed E-state index contributed by atoms with van der Waals surface area (Å²) >= 11 is 13.9. The first kappa shape index (κ1) is 20.3. The average Bonchev–Trinajstić information content (AvgIpc) is 3.12. The van der Waals surface area contributed by atoms with Crippen LogP contribution in [0.5, 0.6) is 0 Å². The Morgan fingerprint density at radius 2 is 2.07 bits per heavy atom. The van der Waals surface area contributed by atoms with Crippen LogP contribution < -0.4 is 11.1 Å². The molecule has 0 aliphatic carbocycles. The molecular weight excluding hydrogens is 417 g/mol. The van der Waals surface area contributed by atoms with E-state index in [9.17, 15) is 0 Å². The van der Waals surface area contributed by atoms with Crippen LogP contribution in [0.15, 0.2) is 47.6 Å². The monoisotopic (exact) mass is 433 g/mol. The number of anilines is 1. The van der Waals surface area contributed by atoms with Gasteiger partial charge in [0.2, 0.25) is 0 Å². The molecule has 0 saturated carbocycles. The molecule has 0 atom stereocenters. The highest BCUT2D eigenvalue weighted by Crippen LogP contribution is 2.40. The van der Waals surface area contributed by atoms with E-state index in [-0.39, 0.29) is 12.4 Å². The van der Waals surface area contributed by atoms with Gasteiger partial charge in [0.25, 0.3) is 0 Å². The number of rotatable bonds is 7. The number of aliphatic hydroxyl groups excluding tert-OH is 1.